The number of hydrogen-bond donors (Lipinski definition) is 0. The molecule has 2 rings (SSSR count). The summed E-state index contributed by atoms with van der Waals surface area (Å²) in [6.45, 7) is 3.52. The average Bonchev–Trinajstić information content (AvgIpc) is 2.53. The van der Waals surface area contributed by atoms with Crippen molar-refractivity contribution in [2.45, 2.75) is 18.5 Å². The molecule has 2 aromatic rings. The maximum absolute atomic E-state index is 5.38. The lowest BCUT2D eigenvalue weighted by Crippen LogP contribution is -2.15. The van der Waals surface area contributed by atoms with E-state index >= 15 is 0 Å². The maximum atomic E-state index is 5.38. The highest BCUT2D eigenvalue weighted by Crippen LogP contribution is 2.17. The van der Waals surface area contributed by atoms with Crippen molar-refractivity contribution in [2.24, 2.45) is 0 Å². The van der Waals surface area contributed by atoms with Gasteiger partial charge in [-0.2, -0.15) is 15.2 Å². The Kier molecular flexibility index (Phi) is 6.41. The minimum Gasteiger partial charge on any atom is -0.462 e. The van der Waals surface area contributed by atoms with Crippen LogP contribution in [0.25, 0.3) is 11.4 Å². The highest BCUT2D eigenvalue weighted by atomic mass is 32.2. The molecule has 0 aromatic carbocycles. The molecule has 0 spiro atoms. The minimum absolute atomic E-state index is 0.250. The molecule has 0 unspecified atom stereocenters. The molecule has 8 nitrogen and oxygen atoms in total. The zero-order valence-corrected chi connectivity index (χ0v) is 13.7. The van der Waals surface area contributed by atoms with Gasteiger partial charge in [-0.05, 0) is 20.5 Å². The molecule has 0 atom stereocenters. The summed E-state index contributed by atoms with van der Waals surface area (Å²) < 4.78 is 5.38. The fourth-order valence-corrected chi connectivity index (χ4v) is 2.36. The van der Waals surface area contributed by atoms with E-state index in [1.54, 1.807) is 18.0 Å². The fraction of sp³-hybridized carbons (Fsp3) is 0.538. The lowest BCUT2D eigenvalue weighted by molar-refractivity contribution is 0.288. The van der Waals surface area contributed by atoms with Crippen LogP contribution in [0.15, 0.2) is 17.6 Å². The summed E-state index contributed by atoms with van der Waals surface area (Å²) in [7, 11) is 4.06. The zero-order valence-electron chi connectivity index (χ0n) is 12.9. The summed E-state index contributed by atoms with van der Waals surface area (Å²) in [6.07, 6.45) is 3.98. The van der Waals surface area contributed by atoms with Gasteiger partial charge in [0.05, 0.1) is 19.0 Å². The van der Waals surface area contributed by atoms with Gasteiger partial charge in [-0.15, -0.1) is 5.10 Å². The number of thioether (sulfide) groups is 1. The maximum Gasteiger partial charge on any atom is 0.336 e. The first-order valence-corrected chi connectivity index (χ1v) is 7.97. The molecule has 0 aliphatic rings. The Labute approximate surface area is 133 Å². The Morgan fingerprint density at radius 3 is 2.55 bits per heavy atom. The van der Waals surface area contributed by atoms with Crippen LogP contribution in [0.5, 0.6) is 6.01 Å². The number of hydrogen-bond acceptors (Lipinski definition) is 9. The summed E-state index contributed by atoms with van der Waals surface area (Å²) in [6, 6.07) is 0.250. The molecule has 2 aromatic heterocycles. The molecule has 0 aliphatic carbocycles. The SMILES string of the molecule is CCCOc1nncc(-c2cnnc(SCCN(C)C)n2)n1. The average molecular weight is 321 g/mol. The third-order valence-electron chi connectivity index (χ3n) is 2.55. The predicted molar refractivity (Wildman–Crippen MR) is 83.7 cm³/mol. The Balaban J connectivity index is 2.08. The van der Waals surface area contributed by atoms with Gasteiger partial charge >= 0.3 is 6.01 Å². The summed E-state index contributed by atoms with van der Waals surface area (Å²) in [4.78, 5) is 10.8. The molecule has 0 bridgehead atoms. The van der Waals surface area contributed by atoms with Crippen LogP contribution in [0.4, 0.5) is 0 Å². The highest BCUT2D eigenvalue weighted by Gasteiger charge is 2.08. The van der Waals surface area contributed by atoms with Gasteiger partial charge in [0.2, 0.25) is 5.16 Å². The summed E-state index contributed by atoms with van der Waals surface area (Å²) in [5, 5.41) is 16.3. The van der Waals surface area contributed by atoms with Crippen LogP contribution in [-0.2, 0) is 0 Å². The molecular formula is C13H19N7OS. The normalized spacial score (nSPS) is 10.9. The van der Waals surface area contributed by atoms with Crippen molar-refractivity contribution in [3.8, 4) is 17.4 Å². The second-order valence-corrected chi connectivity index (χ2v) is 5.81. The molecular weight excluding hydrogens is 302 g/mol. The van der Waals surface area contributed by atoms with Crippen LogP contribution in [-0.4, -0.2) is 68.3 Å². The van der Waals surface area contributed by atoms with Gasteiger partial charge in [0.1, 0.15) is 11.4 Å². The van der Waals surface area contributed by atoms with Crippen molar-refractivity contribution in [1.82, 2.24) is 35.3 Å². The van der Waals surface area contributed by atoms with E-state index in [0.29, 0.717) is 23.2 Å². The largest absolute Gasteiger partial charge is 0.462 e. The molecule has 0 fully saturated rings. The van der Waals surface area contributed by atoms with Crippen LogP contribution in [0.3, 0.4) is 0 Å². The van der Waals surface area contributed by atoms with Crippen LogP contribution in [0, 0.1) is 0 Å². The standard InChI is InChI=1S/C13H19N7OS/c1-4-6-21-12-16-10(8-14-18-12)11-9-15-19-13(17-11)22-7-5-20(2)3/h8-9H,4-7H2,1-3H3. The van der Waals surface area contributed by atoms with E-state index in [1.807, 2.05) is 21.0 Å². The van der Waals surface area contributed by atoms with E-state index in [0.717, 1.165) is 18.7 Å². The summed E-state index contributed by atoms with van der Waals surface area (Å²) in [5.74, 6) is 0.894. The third kappa shape index (κ3) is 5.15. The third-order valence-corrected chi connectivity index (χ3v) is 3.36. The molecule has 22 heavy (non-hydrogen) atoms. The summed E-state index contributed by atoms with van der Waals surface area (Å²) in [5.41, 5.74) is 1.18. The fourth-order valence-electron chi connectivity index (χ4n) is 1.46. The molecule has 0 saturated heterocycles. The van der Waals surface area contributed by atoms with E-state index in [-0.39, 0.29) is 6.01 Å². The van der Waals surface area contributed by atoms with E-state index in [4.69, 9.17) is 4.74 Å². The Morgan fingerprint density at radius 1 is 1.09 bits per heavy atom. The molecule has 0 N–H and O–H groups in total. The summed E-state index contributed by atoms with van der Waals surface area (Å²) >= 11 is 1.55. The van der Waals surface area contributed by atoms with Crippen LogP contribution in [0.1, 0.15) is 13.3 Å². The van der Waals surface area contributed by atoms with Crippen molar-refractivity contribution in [3.05, 3.63) is 12.4 Å². The smallest absolute Gasteiger partial charge is 0.336 e. The predicted octanol–water partition coefficient (Wildman–Crippen LogP) is 1.17. The monoisotopic (exact) mass is 321 g/mol. The number of aromatic nitrogens is 6. The van der Waals surface area contributed by atoms with Gasteiger partial charge in [-0.3, -0.25) is 0 Å². The minimum atomic E-state index is 0.250. The van der Waals surface area contributed by atoms with E-state index in [1.165, 1.54) is 6.20 Å². The number of rotatable bonds is 8. The molecule has 118 valence electrons. The molecule has 0 saturated carbocycles. The molecule has 2 heterocycles. The second kappa shape index (κ2) is 8.54. The van der Waals surface area contributed by atoms with Gasteiger partial charge in [0, 0.05) is 12.3 Å². The lowest BCUT2D eigenvalue weighted by Gasteiger charge is -2.08. The molecule has 0 aliphatic heterocycles. The lowest BCUT2D eigenvalue weighted by atomic mass is 10.3. The topological polar surface area (TPSA) is 89.8 Å². The van der Waals surface area contributed by atoms with Gasteiger partial charge in [-0.1, -0.05) is 23.8 Å². The molecule has 0 radical (unpaired) electrons. The zero-order chi connectivity index (χ0) is 15.8. The van der Waals surface area contributed by atoms with Gasteiger partial charge < -0.3 is 9.64 Å². The van der Waals surface area contributed by atoms with Gasteiger partial charge in [0.25, 0.3) is 0 Å². The quantitative estimate of drug-likeness (QED) is 0.664. The molecule has 0 amide bonds. The van der Waals surface area contributed by atoms with Crippen molar-refractivity contribution in [3.63, 3.8) is 0 Å². The van der Waals surface area contributed by atoms with Crippen LogP contribution in [0.2, 0.25) is 0 Å². The van der Waals surface area contributed by atoms with Gasteiger partial charge in [-0.25, -0.2) is 4.98 Å². The first kappa shape index (κ1) is 16.5. The Hall–Kier alpha value is -1.87. The molecule has 9 heteroatoms. The van der Waals surface area contributed by atoms with E-state index in [2.05, 4.69) is 35.3 Å². The Bertz CT molecular complexity index is 596. The van der Waals surface area contributed by atoms with Crippen molar-refractivity contribution in [2.75, 3.05) is 33.0 Å². The van der Waals surface area contributed by atoms with Crippen molar-refractivity contribution >= 4 is 11.8 Å². The number of nitrogens with zero attached hydrogens (tertiary/aromatic N) is 7. The first-order valence-electron chi connectivity index (χ1n) is 6.99. The second-order valence-electron chi connectivity index (χ2n) is 4.75. The van der Waals surface area contributed by atoms with E-state index < -0.39 is 0 Å². The number of ether oxygens (including phenoxy) is 1. The van der Waals surface area contributed by atoms with E-state index in [9.17, 15) is 0 Å². The van der Waals surface area contributed by atoms with Gasteiger partial charge in [0.15, 0.2) is 0 Å². The van der Waals surface area contributed by atoms with Crippen LogP contribution < -0.4 is 4.74 Å². The first-order chi connectivity index (χ1) is 10.7. The van der Waals surface area contributed by atoms with Crippen molar-refractivity contribution < 1.29 is 4.74 Å². The Morgan fingerprint density at radius 2 is 1.82 bits per heavy atom. The van der Waals surface area contributed by atoms with Crippen molar-refractivity contribution in [1.29, 1.82) is 0 Å². The highest BCUT2D eigenvalue weighted by molar-refractivity contribution is 7.99. The van der Waals surface area contributed by atoms with Crippen LogP contribution >= 0.6 is 11.8 Å².